The van der Waals surface area contributed by atoms with E-state index in [4.69, 9.17) is 5.11 Å². The first-order valence-electron chi connectivity index (χ1n) is 5.69. The number of benzene rings is 1. The highest BCUT2D eigenvalue weighted by molar-refractivity contribution is 5.85. The molecule has 0 amide bonds. The minimum atomic E-state index is -1.13. The third-order valence-corrected chi connectivity index (χ3v) is 2.51. The second-order valence-electron chi connectivity index (χ2n) is 3.86. The standard InChI is InChI=1S/C13H12FN3O2/c14-10-4-2-1-3-9(10)5-6-16-12-8-15-7-11(17-12)13(18)19/h1-4,7-8H,5-6H2,(H,16,17)(H,18,19). The van der Waals surface area contributed by atoms with E-state index in [0.717, 1.165) is 0 Å². The van der Waals surface area contributed by atoms with E-state index in [0.29, 0.717) is 24.3 Å². The second-order valence-corrected chi connectivity index (χ2v) is 3.86. The molecule has 98 valence electrons. The predicted molar refractivity (Wildman–Crippen MR) is 67.6 cm³/mol. The summed E-state index contributed by atoms with van der Waals surface area (Å²) in [6.07, 6.45) is 3.07. The van der Waals surface area contributed by atoms with Crippen molar-refractivity contribution in [1.29, 1.82) is 0 Å². The summed E-state index contributed by atoms with van der Waals surface area (Å²) in [5.74, 6) is -1.03. The van der Waals surface area contributed by atoms with E-state index < -0.39 is 5.97 Å². The van der Waals surface area contributed by atoms with Crippen molar-refractivity contribution >= 4 is 11.8 Å². The zero-order valence-corrected chi connectivity index (χ0v) is 10.0. The molecule has 19 heavy (non-hydrogen) atoms. The number of carboxylic acids is 1. The number of hydrogen-bond donors (Lipinski definition) is 2. The van der Waals surface area contributed by atoms with Crippen LogP contribution < -0.4 is 5.32 Å². The third kappa shape index (κ3) is 3.48. The lowest BCUT2D eigenvalue weighted by atomic mass is 10.1. The maximum atomic E-state index is 13.4. The molecule has 0 aliphatic heterocycles. The Bertz CT molecular complexity index is 590. The molecule has 1 aromatic heterocycles. The number of hydrogen-bond acceptors (Lipinski definition) is 4. The molecule has 2 aromatic rings. The normalized spacial score (nSPS) is 10.2. The van der Waals surface area contributed by atoms with Crippen molar-refractivity contribution in [3.63, 3.8) is 0 Å². The van der Waals surface area contributed by atoms with Gasteiger partial charge in [-0.25, -0.2) is 14.2 Å². The van der Waals surface area contributed by atoms with Gasteiger partial charge in [0.1, 0.15) is 11.6 Å². The highest BCUT2D eigenvalue weighted by Gasteiger charge is 2.06. The monoisotopic (exact) mass is 261 g/mol. The van der Waals surface area contributed by atoms with Gasteiger partial charge in [0.05, 0.1) is 12.4 Å². The molecule has 0 saturated carbocycles. The van der Waals surface area contributed by atoms with E-state index in [1.807, 2.05) is 0 Å². The van der Waals surface area contributed by atoms with Crippen LogP contribution in [0, 0.1) is 5.82 Å². The average Bonchev–Trinajstić information content (AvgIpc) is 2.41. The second kappa shape index (κ2) is 5.90. The molecule has 6 heteroatoms. The first-order valence-corrected chi connectivity index (χ1v) is 5.69. The minimum absolute atomic E-state index is 0.129. The topological polar surface area (TPSA) is 75.1 Å². The number of nitrogens with zero attached hydrogens (tertiary/aromatic N) is 2. The summed E-state index contributed by atoms with van der Waals surface area (Å²) in [6, 6.07) is 6.51. The lowest BCUT2D eigenvalue weighted by Gasteiger charge is -2.06. The van der Waals surface area contributed by atoms with Gasteiger partial charge < -0.3 is 10.4 Å². The van der Waals surface area contributed by atoms with Crippen LogP contribution in [0.3, 0.4) is 0 Å². The number of aromatic nitrogens is 2. The fraction of sp³-hybridized carbons (Fsp3) is 0.154. The van der Waals surface area contributed by atoms with E-state index in [2.05, 4.69) is 15.3 Å². The van der Waals surface area contributed by atoms with Crippen LogP contribution in [0.5, 0.6) is 0 Å². The minimum Gasteiger partial charge on any atom is -0.476 e. The lowest BCUT2D eigenvalue weighted by Crippen LogP contribution is -2.10. The van der Waals surface area contributed by atoms with Gasteiger partial charge in [-0.2, -0.15) is 0 Å². The Morgan fingerprint density at radius 3 is 2.84 bits per heavy atom. The lowest BCUT2D eigenvalue weighted by molar-refractivity contribution is 0.0690. The summed E-state index contributed by atoms with van der Waals surface area (Å²) < 4.78 is 13.4. The summed E-state index contributed by atoms with van der Waals surface area (Å²) in [7, 11) is 0. The fourth-order valence-corrected chi connectivity index (χ4v) is 1.58. The molecule has 0 bridgehead atoms. The number of carbonyl (C=O) groups is 1. The van der Waals surface area contributed by atoms with E-state index >= 15 is 0 Å². The maximum absolute atomic E-state index is 13.4. The zero-order chi connectivity index (χ0) is 13.7. The summed E-state index contributed by atoms with van der Waals surface area (Å²) in [6.45, 7) is 0.443. The predicted octanol–water partition coefficient (Wildman–Crippen LogP) is 1.97. The van der Waals surface area contributed by atoms with Gasteiger partial charge in [0.25, 0.3) is 0 Å². The van der Waals surface area contributed by atoms with Gasteiger partial charge >= 0.3 is 5.97 Å². The summed E-state index contributed by atoms with van der Waals surface area (Å²) in [4.78, 5) is 18.3. The highest BCUT2D eigenvalue weighted by atomic mass is 19.1. The van der Waals surface area contributed by atoms with Crippen molar-refractivity contribution in [2.24, 2.45) is 0 Å². The van der Waals surface area contributed by atoms with Crippen molar-refractivity contribution in [2.75, 3.05) is 11.9 Å². The van der Waals surface area contributed by atoms with Gasteiger partial charge in [-0.05, 0) is 18.1 Å². The van der Waals surface area contributed by atoms with Crippen LogP contribution in [0.4, 0.5) is 10.2 Å². The van der Waals surface area contributed by atoms with Crippen LogP contribution in [0.15, 0.2) is 36.7 Å². The van der Waals surface area contributed by atoms with Crippen LogP contribution >= 0.6 is 0 Å². The van der Waals surface area contributed by atoms with Crippen LogP contribution in [0.1, 0.15) is 16.1 Å². The van der Waals surface area contributed by atoms with Gasteiger partial charge in [0.2, 0.25) is 0 Å². The number of rotatable bonds is 5. The van der Waals surface area contributed by atoms with Crippen molar-refractivity contribution in [3.8, 4) is 0 Å². The Balaban J connectivity index is 1.94. The van der Waals surface area contributed by atoms with Crippen LogP contribution in [0.25, 0.3) is 0 Å². The number of carboxylic acid groups (broad SMARTS) is 1. The largest absolute Gasteiger partial charge is 0.476 e. The summed E-state index contributed by atoms with van der Waals surface area (Å²) in [5, 5.41) is 11.7. The molecular formula is C13H12FN3O2. The molecule has 0 atom stereocenters. The van der Waals surface area contributed by atoms with Crippen molar-refractivity contribution in [3.05, 3.63) is 53.7 Å². The molecule has 0 fully saturated rings. The van der Waals surface area contributed by atoms with Gasteiger partial charge in [-0.3, -0.25) is 4.98 Å². The van der Waals surface area contributed by atoms with Gasteiger partial charge in [-0.15, -0.1) is 0 Å². The Kier molecular flexibility index (Phi) is 4.02. The number of halogens is 1. The highest BCUT2D eigenvalue weighted by Crippen LogP contribution is 2.08. The Morgan fingerprint density at radius 1 is 1.32 bits per heavy atom. The fourth-order valence-electron chi connectivity index (χ4n) is 1.58. The number of anilines is 1. The summed E-state index contributed by atoms with van der Waals surface area (Å²) >= 11 is 0. The molecule has 2 rings (SSSR count). The van der Waals surface area contributed by atoms with E-state index in [1.165, 1.54) is 18.5 Å². The van der Waals surface area contributed by atoms with Crippen molar-refractivity contribution in [1.82, 2.24) is 9.97 Å². The summed E-state index contributed by atoms with van der Waals surface area (Å²) in [5.41, 5.74) is 0.466. The molecule has 0 aliphatic rings. The Labute approximate surface area is 109 Å². The smallest absolute Gasteiger partial charge is 0.356 e. The van der Waals surface area contributed by atoms with E-state index in [-0.39, 0.29) is 11.5 Å². The molecule has 0 aliphatic carbocycles. The molecule has 0 spiro atoms. The molecule has 2 N–H and O–H groups in total. The first-order chi connectivity index (χ1) is 9.16. The molecule has 1 aromatic carbocycles. The van der Waals surface area contributed by atoms with Gasteiger partial charge in [0, 0.05) is 6.54 Å². The molecular weight excluding hydrogens is 249 g/mol. The Morgan fingerprint density at radius 2 is 2.11 bits per heavy atom. The molecule has 5 nitrogen and oxygen atoms in total. The molecule has 0 radical (unpaired) electrons. The van der Waals surface area contributed by atoms with Crippen molar-refractivity contribution < 1.29 is 14.3 Å². The SMILES string of the molecule is O=C(O)c1cncc(NCCc2ccccc2F)n1. The molecule has 0 unspecified atom stereocenters. The molecule has 0 saturated heterocycles. The molecule has 1 heterocycles. The average molecular weight is 261 g/mol. The van der Waals surface area contributed by atoms with E-state index in [9.17, 15) is 9.18 Å². The number of nitrogens with one attached hydrogen (secondary N) is 1. The van der Waals surface area contributed by atoms with Crippen LogP contribution in [-0.4, -0.2) is 27.6 Å². The maximum Gasteiger partial charge on any atom is 0.356 e. The van der Waals surface area contributed by atoms with Crippen LogP contribution in [0.2, 0.25) is 0 Å². The van der Waals surface area contributed by atoms with Gasteiger partial charge in [0.15, 0.2) is 5.69 Å². The third-order valence-electron chi connectivity index (χ3n) is 2.51. The van der Waals surface area contributed by atoms with E-state index in [1.54, 1.807) is 18.2 Å². The Hall–Kier alpha value is -2.50. The quantitative estimate of drug-likeness (QED) is 0.860. The number of aromatic carboxylic acids is 1. The van der Waals surface area contributed by atoms with Gasteiger partial charge in [-0.1, -0.05) is 18.2 Å². The van der Waals surface area contributed by atoms with Crippen LogP contribution in [-0.2, 0) is 6.42 Å². The first kappa shape index (κ1) is 12.9. The zero-order valence-electron chi connectivity index (χ0n) is 10.0. The van der Waals surface area contributed by atoms with Crippen molar-refractivity contribution in [2.45, 2.75) is 6.42 Å².